The number of amides is 2. The molecule has 1 aliphatic rings. The fraction of sp³-hybridized carbons (Fsp3) is 0.0833. The van der Waals surface area contributed by atoms with Crippen molar-refractivity contribution in [1.82, 2.24) is 4.90 Å². The summed E-state index contributed by atoms with van der Waals surface area (Å²) >= 11 is 4.22. The third kappa shape index (κ3) is 5.08. The highest BCUT2D eigenvalue weighted by molar-refractivity contribution is 9.10. The molecule has 32 heavy (non-hydrogen) atoms. The van der Waals surface area contributed by atoms with Crippen molar-refractivity contribution in [2.75, 3.05) is 0 Å². The van der Waals surface area contributed by atoms with Gasteiger partial charge in [-0.2, -0.15) is 0 Å². The molecule has 1 saturated heterocycles. The maximum absolute atomic E-state index is 13.9. The van der Waals surface area contributed by atoms with Crippen molar-refractivity contribution in [1.29, 1.82) is 0 Å². The summed E-state index contributed by atoms with van der Waals surface area (Å²) in [5, 5.41) is -0.408. The second-order valence-electron chi connectivity index (χ2n) is 6.96. The van der Waals surface area contributed by atoms with E-state index in [2.05, 4.69) is 15.9 Å². The van der Waals surface area contributed by atoms with Crippen LogP contribution in [0.15, 0.2) is 76.1 Å². The zero-order valence-electron chi connectivity index (χ0n) is 16.6. The smallest absolute Gasteiger partial charge is 0.293 e. The Labute approximate surface area is 196 Å². The summed E-state index contributed by atoms with van der Waals surface area (Å²) < 4.78 is 33.6. The van der Waals surface area contributed by atoms with E-state index in [0.29, 0.717) is 22.4 Å². The SMILES string of the molecule is O=C1S/C(=C\c2cc(Br)ccc2OCc2ccccc2F)C(=O)N1Cc1ccc(F)cc1. The largest absolute Gasteiger partial charge is 0.488 e. The van der Waals surface area contributed by atoms with Crippen LogP contribution in [0.2, 0.25) is 0 Å². The van der Waals surface area contributed by atoms with Crippen LogP contribution in [0, 0.1) is 11.6 Å². The summed E-state index contributed by atoms with van der Waals surface area (Å²) in [6.45, 7) is 0.0681. The third-order valence-corrected chi connectivity index (χ3v) is 6.13. The molecule has 0 N–H and O–H groups in total. The van der Waals surface area contributed by atoms with Crippen molar-refractivity contribution >= 4 is 44.9 Å². The number of thioether (sulfide) groups is 1. The van der Waals surface area contributed by atoms with Gasteiger partial charge in [-0.1, -0.05) is 46.3 Å². The van der Waals surface area contributed by atoms with Crippen LogP contribution in [-0.4, -0.2) is 16.0 Å². The summed E-state index contributed by atoms with van der Waals surface area (Å²) in [5.41, 5.74) is 1.62. The van der Waals surface area contributed by atoms with Crippen molar-refractivity contribution in [3.8, 4) is 5.75 Å². The molecule has 0 aliphatic carbocycles. The van der Waals surface area contributed by atoms with Gasteiger partial charge in [0, 0.05) is 15.6 Å². The van der Waals surface area contributed by atoms with Crippen LogP contribution in [0.3, 0.4) is 0 Å². The predicted molar refractivity (Wildman–Crippen MR) is 123 cm³/mol. The Bertz CT molecular complexity index is 1210. The number of nitrogens with zero attached hydrogens (tertiary/aromatic N) is 1. The molecule has 0 saturated carbocycles. The van der Waals surface area contributed by atoms with Crippen LogP contribution >= 0.6 is 27.7 Å². The number of halogens is 3. The van der Waals surface area contributed by atoms with Crippen LogP contribution in [-0.2, 0) is 17.9 Å². The molecule has 1 fully saturated rings. The first-order chi connectivity index (χ1) is 15.4. The van der Waals surface area contributed by atoms with Gasteiger partial charge in [0.1, 0.15) is 24.0 Å². The average Bonchev–Trinajstić information content (AvgIpc) is 3.03. The maximum Gasteiger partial charge on any atom is 0.293 e. The van der Waals surface area contributed by atoms with Crippen LogP contribution < -0.4 is 4.74 Å². The van der Waals surface area contributed by atoms with E-state index < -0.39 is 11.1 Å². The molecule has 3 aromatic carbocycles. The maximum atomic E-state index is 13.9. The Morgan fingerprint density at radius 3 is 2.50 bits per heavy atom. The highest BCUT2D eigenvalue weighted by Crippen LogP contribution is 2.36. The molecule has 8 heteroatoms. The van der Waals surface area contributed by atoms with E-state index in [1.807, 2.05) is 0 Å². The van der Waals surface area contributed by atoms with Crippen molar-refractivity contribution in [2.45, 2.75) is 13.2 Å². The predicted octanol–water partition coefficient (Wildman–Crippen LogP) is 6.54. The van der Waals surface area contributed by atoms with Crippen LogP contribution in [0.1, 0.15) is 16.7 Å². The standard InChI is InChI=1S/C24H16BrF2NO3S/c25-18-7-10-21(31-14-16-3-1-2-4-20(16)27)17(11-18)12-22-23(29)28(24(30)32-22)13-15-5-8-19(26)9-6-15/h1-12H,13-14H2/b22-12-. The van der Waals surface area contributed by atoms with Crippen molar-refractivity contribution in [3.63, 3.8) is 0 Å². The van der Waals surface area contributed by atoms with Gasteiger partial charge < -0.3 is 4.74 Å². The van der Waals surface area contributed by atoms with Gasteiger partial charge in [0.05, 0.1) is 11.4 Å². The molecule has 0 aromatic heterocycles. The summed E-state index contributed by atoms with van der Waals surface area (Å²) in [5.74, 6) is -0.750. The zero-order chi connectivity index (χ0) is 22.7. The number of hydrogen-bond donors (Lipinski definition) is 0. The molecule has 162 valence electrons. The summed E-state index contributed by atoms with van der Waals surface area (Å²) in [4.78, 5) is 26.6. The van der Waals surface area contributed by atoms with Gasteiger partial charge in [-0.15, -0.1) is 0 Å². The number of imide groups is 1. The highest BCUT2D eigenvalue weighted by atomic mass is 79.9. The number of hydrogen-bond acceptors (Lipinski definition) is 4. The van der Waals surface area contributed by atoms with Crippen molar-refractivity contribution < 1.29 is 23.1 Å². The Kier molecular flexibility index (Phi) is 6.72. The molecule has 1 heterocycles. The number of carbonyl (C=O) groups is 2. The lowest BCUT2D eigenvalue weighted by atomic mass is 10.1. The first kappa shape index (κ1) is 22.2. The second-order valence-corrected chi connectivity index (χ2v) is 8.87. The Balaban J connectivity index is 1.55. The highest BCUT2D eigenvalue weighted by Gasteiger charge is 2.35. The molecule has 2 amide bonds. The molecule has 1 aliphatic heterocycles. The van der Waals surface area contributed by atoms with Gasteiger partial charge in [0.15, 0.2) is 0 Å². The normalized spacial score (nSPS) is 15.0. The molecular formula is C24H16BrF2NO3S. The minimum absolute atomic E-state index is 0.0151. The van der Waals surface area contributed by atoms with E-state index in [-0.39, 0.29) is 29.7 Å². The quantitative estimate of drug-likeness (QED) is 0.349. The molecule has 0 atom stereocenters. The molecule has 0 radical (unpaired) electrons. The van der Waals surface area contributed by atoms with E-state index in [9.17, 15) is 18.4 Å². The van der Waals surface area contributed by atoms with Crippen LogP contribution in [0.5, 0.6) is 5.75 Å². The van der Waals surface area contributed by atoms with Crippen LogP contribution in [0.25, 0.3) is 6.08 Å². The topological polar surface area (TPSA) is 46.6 Å². The fourth-order valence-electron chi connectivity index (χ4n) is 3.08. The molecule has 4 rings (SSSR count). The van der Waals surface area contributed by atoms with Crippen molar-refractivity contribution in [2.24, 2.45) is 0 Å². The zero-order valence-corrected chi connectivity index (χ0v) is 19.0. The van der Waals surface area contributed by atoms with Gasteiger partial charge in [-0.3, -0.25) is 14.5 Å². The summed E-state index contributed by atoms with van der Waals surface area (Å²) in [6, 6.07) is 17.2. The minimum Gasteiger partial charge on any atom is -0.488 e. The monoisotopic (exact) mass is 515 g/mol. The average molecular weight is 516 g/mol. The molecule has 4 nitrogen and oxygen atoms in total. The molecule has 0 bridgehead atoms. The lowest BCUT2D eigenvalue weighted by Crippen LogP contribution is -2.27. The molecule has 0 unspecified atom stereocenters. The number of benzene rings is 3. The van der Waals surface area contributed by atoms with E-state index in [1.54, 1.807) is 42.5 Å². The molecule has 0 spiro atoms. The van der Waals surface area contributed by atoms with Gasteiger partial charge in [-0.25, -0.2) is 8.78 Å². The Morgan fingerprint density at radius 1 is 1.00 bits per heavy atom. The Morgan fingerprint density at radius 2 is 1.75 bits per heavy atom. The summed E-state index contributed by atoms with van der Waals surface area (Å²) in [7, 11) is 0. The van der Waals surface area contributed by atoms with E-state index in [1.165, 1.54) is 30.3 Å². The fourth-order valence-corrected chi connectivity index (χ4v) is 4.29. The van der Waals surface area contributed by atoms with Gasteiger partial charge in [0.2, 0.25) is 0 Å². The summed E-state index contributed by atoms with van der Waals surface area (Å²) in [6.07, 6.45) is 1.58. The number of ether oxygens (including phenoxy) is 1. The minimum atomic E-state index is -0.440. The first-order valence-electron chi connectivity index (χ1n) is 9.56. The molecular weight excluding hydrogens is 500 g/mol. The molecule has 3 aromatic rings. The lowest BCUT2D eigenvalue weighted by Gasteiger charge is -2.12. The first-order valence-corrected chi connectivity index (χ1v) is 11.2. The second kappa shape index (κ2) is 9.67. The van der Waals surface area contributed by atoms with Gasteiger partial charge >= 0.3 is 0 Å². The number of rotatable bonds is 6. The van der Waals surface area contributed by atoms with E-state index in [0.717, 1.165) is 21.1 Å². The van der Waals surface area contributed by atoms with Gasteiger partial charge in [-0.05, 0) is 59.8 Å². The Hall–Kier alpha value is -2.97. The lowest BCUT2D eigenvalue weighted by molar-refractivity contribution is -0.123. The van der Waals surface area contributed by atoms with Gasteiger partial charge in [0.25, 0.3) is 11.1 Å². The number of carbonyl (C=O) groups excluding carboxylic acids is 2. The van der Waals surface area contributed by atoms with Crippen molar-refractivity contribution in [3.05, 3.63) is 104 Å². The van der Waals surface area contributed by atoms with E-state index >= 15 is 0 Å². The van der Waals surface area contributed by atoms with Crippen LogP contribution in [0.4, 0.5) is 13.6 Å². The van der Waals surface area contributed by atoms with E-state index in [4.69, 9.17) is 4.74 Å². The third-order valence-electron chi connectivity index (χ3n) is 4.73.